The minimum absolute atomic E-state index is 0.436. The van der Waals surface area contributed by atoms with Crippen LogP contribution in [0.4, 0.5) is 18.9 Å². The summed E-state index contributed by atoms with van der Waals surface area (Å²) in [6.45, 7) is 1.87. The minimum atomic E-state index is -3.01. The van der Waals surface area contributed by atoms with Crippen molar-refractivity contribution in [1.29, 1.82) is 0 Å². The second kappa shape index (κ2) is 6.37. The maximum atomic E-state index is 13.3. The molecule has 0 aliphatic rings. The summed E-state index contributed by atoms with van der Waals surface area (Å²) in [6, 6.07) is 3.86. The van der Waals surface area contributed by atoms with Gasteiger partial charge in [0.1, 0.15) is 0 Å². The molecule has 17 heavy (non-hydrogen) atoms. The molecular weight excluding hydrogens is 231 g/mol. The van der Waals surface area contributed by atoms with Crippen LogP contribution in [0.5, 0.6) is 5.75 Å². The van der Waals surface area contributed by atoms with Gasteiger partial charge in [-0.1, -0.05) is 13.8 Å². The molecule has 0 aromatic heterocycles. The molecule has 0 heterocycles. The van der Waals surface area contributed by atoms with E-state index in [1.54, 1.807) is 0 Å². The minimum Gasteiger partial charge on any atom is -0.432 e. The van der Waals surface area contributed by atoms with Crippen LogP contribution < -0.4 is 10.1 Å². The molecule has 0 amide bonds. The van der Waals surface area contributed by atoms with Crippen LogP contribution in [0.3, 0.4) is 0 Å². The Kier molecular flexibility index (Phi) is 5.12. The molecule has 1 aromatic carbocycles. The lowest BCUT2D eigenvalue weighted by molar-refractivity contribution is -0.0521. The molecule has 0 radical (unpaired) electrons. The summed E-state index contributed by atoms with van der Waals surface area (Å²) in [6.07, 6.45) is 0.955. The van der Waals surface area contributed by atoms with Crippen molar-refractivity contribution in [2.45, 2.75) is 26.9 Å². The van der Waals surface area contributed by atoms with E-state index in [0.29, 0.717) is 18.2 Å². The molecule has 5 heteroatoms. The molecule has 0 saturated carbocycles. The van der Waals surface area contributed by atoms with Crippen LogP contribution in [0.15, 0.2) is 18.2 Å². The fraction of sp³-hybridized carbons (Fsp3) is 0.500. The van der Waals surface area contributed by atoms with Crippen molar-refractivity contribution in [2.24, 2.45) is 5.92 Å². The second-order valence-electron chi connectivity index (χ2n) is 4.13. The molecule has 0 bridgehead atoms. The van der Waals surface area contributed by atoms with Crippen LogP contribution in [-0.4, -0.2) is 13.2 Å². The number of hydrogen-bond donors (Lipinski definition) is 1. The van der Waals surface area contributed by atoms with E-state index in [4.69, 9.17) is 0 Å². The molecule has 1 rings (SSSR count). The lowest BCUT2D eigenvalue weighted by Crippen LogP contribution is -2.06. The van der Waals surface area contributed by atoms with E-state index in [9.17, 15) is 13.2 Å². The number of hydrogen-bond acceptors (Lipinski definition) is 2. The molecule has 0 aliphatic heterocycles. The zero-order chi connectivity index (χ0) is 12.8. The number of alkyl halides is 2. The summed E-state index contributed by atoms with van der Waals surface area (Å²) < 4.78 is 41.1. The van der Waals surface area contributed by atoms with Gasteiger partial charge in [-0.3, -0.25) is 0 Å². The lowest BCUT2D eigenvalue weighted by Gasteiger charge is -2.10. The lowest BCUT2D eigenvalue weighted by atomic mass is 10.1. The number of anilines is 1. The van der Waals surface area contributed by atoms with Crippen LogP contribution >= 0.6 is 0 Å². The average Bonchev–Trinajstić information content (AvgIpc) is 2.21. The fourth-order valence-electron chi connectivity index (χ4n) is 1.31. The van der Waals surface area contributed by atoms with Gasteiger partial charge in [0.25, 0.3) is 0 Å². The first-order valence-electron chi connectivity index (χ1n) is 5.47. The molecule has 96 valence electrons. The summed E-state index contributed by atoms with van der Waals surface area (Å²) in [5.41, 5.74) is 0.560. The zero-order valence-corrected chi connectivity index (χ0v) is 9.84. The highest BCUT2D eigenvalue weighted by Gasteiger charge is 2.10. The van der Waals surface area contributed by atoms with Gasteiger partial charge in [0, 0.05) is 18.3 Å². The zero-order valence-electron chi connectivity index (χ0n) is 9.84. The largest absolute Gasteiger partial charge is 0.432 e. The molecule has 0 unspecified atom stereocenters. The van der Waals surface area contributed by atoms with Crippen LogP contribution in [0, 0.1) is 11.7 Å². The van der Waals surface area contributed by atoms with Gasteiger partial charge in [-0.2, -0.15) is 8.78 Å². The van der Waals surface area contributed by atoms with Gasteiger partial charge in [-0.05, 0) is 24.5 Å². The first-order chi connectivity index (χ1) is 7.99. The Morgan fingerprint density at radius 2 is 2.00 bits per heavy atom. The number of nitrogens with one attached hydrogen (secondary N) is 1. The van der Waals surface area contributed by atoms with Gasteiger partial charge < -0.3 is 10.1 Å². The number of benzene rings is 1. The SMILES string of the molecule is CC(C)CCNc1ccc(OC(F)F)c(F)c1. The Bertz CT molecular complexity index is 356. The standard InChI is InChI=1S/C12H16F3NO/c1-8(2)5-6-16-9-3-4-11(10(13)7-9)17-12(14)15/h3-4,7-8,12,16H,5-6H2,1-2H3. The monoisotopic (exact) mass is 247 g/mol. The quantitative estimate of drug-likeness (QED) is 0.823. The van der Waals surface area contributed by atoms with Crippen LogP contribution in [0.25, 0.3) is 0 Å². The highest BCUT2D eigenvalue weighted by atomic mass is 19.3. The average molecular weight is 247 g/mol. The predicted octanol–water partition coefficient (Wildman–Crippen LogP) is 3.89. The Hall–Kier alpha value is -1.39. The fourth-order valence-corrected chi connectivity index (χ4v) is 1.31. The third kappa shape index (κ3) is 4.97. The summed E-state index contributed by atoms with van der Waals surface area (Å²) >= 11 is 0. The van der Waals surface area contributed by atoms with Crippen molar-refractivity contribution in [1.82, 2.24) is 0 Å². The molecule has 0 saturated heterocycles. The van der Waals surface area contributed by atoms with E-state index < -0.39 is 18.2 Å². The van der Waals surface area contributed by atoms with Crippen LogP contribution in [0.1, 0.15) is 20.3 Å². The van der Waals surface area contributed by atoms with Gasteiger partial charge in [0.05, 0.1) is 0 Å². The van der Waals surface area contributed by atoms with Crippen LogP contribution in [0.2, 0.25) is 0 Å². The maximum absolute atomic E-state index is 13.3. The first-order valence-corrected chi connectivity index (χ1v) is 5.47. The van der Waals surface area contributed by atoms with Crippen molar-refractivity contribution in [3.63, 3.8) is 0 Å². The number of ether oxygens (including phenoxy) is 1. The van der Waals surface area contributed by atoms with E-state index in [1.165, 1.54) is 12.1 Å². The topological polar surface area (TPSA) is 21.3 Å². The smallest absolute Gasteiger partial charge is 0.387 e. The molecule has 0 spiro atoms. The molecule has 1 N–H and O–H groups in total. The summed E-state index contributed by atoms with van der Waals surface area (Å²) in [5.74, 6) is -0.678. The summed E-state index contributed by atoms with van der Waals surface area (Å²) in [7, 11) is 0. The van der Waals surface area contributed by atoms with Gasteiger partial charge in [0.2, 0.25) is 0 Å². The van der Waals surface area contributed by atoms with Gasteiger partial charge in [-0.15, -0.1) is 0 Å². The van der Waals surface area contributed by atoms with Gasteiger partial charge in [-0.25, -0.2) is 4.39 Å². The predicted molar refractivity (Wildman–Crippen MR) is 61.0 cm³/mol. The van der Waals surface area contributed by atoms with Crippen molar-refractivity contribution in [2.75, 3.05) is 11.9 Å². The van der Waals surface area contributed by atoms with Gasteiger partial charge >= 0.3 is 6.61 Å². The van der Waals surface area contributed by atoms with E-state index in [1.807, 2.05) is 0 Å². The van der Waals surface area contributed by atoms with E-state index in [-0.39, 0.29) is 0 Å². The Labute approximate surface area is 98.8 Å². The van der Waals surface area contributed by atoms with Crippen molar-refractivity contribution < 1.29 is 17.9 Å². The summed E-state index contributed by atoms with van der Waals surface area (Å²) in [4.78, 5) is 0. The highest BCUT2D eigenvalue weighted by Crippen LogP contribution is 2.22. The Balaban J connectivity index is 2.56. The summed E-state index contributed by atoms with van der Waals surface area (Å²) in [5, 5.41) is 3.01. The third-order valence-electron chi connectivity index (χ3n) is 2.20. The third-order valence-corrected chi connectivity index (χ3v) is 2.20. The van der Waals surface area contributed by atoms with E-state index in [2.05, 4.69) is 23.9 Å². The Morgan fingerprint density at radius 1 is 1.29 bits per heavy atom. The van der Waals surface area contributed by atoms with Crippen molar-refractivity contribution in [3.05, 3.63) is 24.0 Å². The Morgan fingerprint density at radius 3 is 2.53 bits per heavy atom. The van der Waals surface area contributed by atoms with E-state index in [0.717, 1.165) is 12.5 Å². The van der Waals surface area contributed by atoms with E-state index >= 15 is 0 Å². The molecule has 2 nitrogen and oxygen atoms in total. The molecule has 0 fully saturated rings. The van der Waals surface area contributed by atoms with Crippen molar-refractivity contribution >= 4 is 5.69 Å². The second-order valence-corrected chi connectivity index (χ2v) is 4.13. The highest BCUT2D eigenvalue weighted by molar-refractivity contribution is 5.47. The molecule has 0 atom stereocenters. The van der Waals surface area contributed by atoms with Crippen molar-refractivity contribution in [3.8, 4) is 5.75 Å². The maximum Gasteiger partial charge on any atom is 0.387 e. The number of halogens is 3. The first kappa shape index (κ1) is 13.7. The molecule has 0 aliphatic carbocycles. The van der Waals surface area contributed by atoms with Gasteiger partial charge in [0.15, 0.2) is 11.6 Å². The normalized spacial score (nSPS) is 11.0. The van der Waals surface area contributed by atoms with Crippen LogP contribution in [-0.2, 0) is 0 Å². The molecular formula is C12H16F3NO. The number of rotatable bonds is 6. The molecule has 1 aromatic rings.